The van der Waals surface area contributed by atoms with Crippen molar-refractivity contribution in [2.75, 3.05) is 7.11 Å². The molecule has 0 atom stereocenters. The Morgan fingerprint density at radius 1 is 1.33 bits per heavy atom. The molecule has 1 heterocycles. The van der Waals surface area contributed by atoms with E-state index in [4.69, 9.17) is 9.47 Å². The maximum absolute atomic E-state index is 5.88. The molecular formula is C12H13BrO2. The van der Waals surface area contributed by atoms with Crippen LogP contribution in [0.4, 0.5) is 0 Å². The smallest absolute Gasteiger partial charge is 0.170 e. The van der Waals surface area contributed by atoms with Gasteiger partial charge in [-0.3, -0.25) is 0 Å². The van der Waals surface area contributed by atoms with Gasteiger partial charge in [0, 0.05) is 10.0 Å². The number of methoxy groups -OCH3 is 1. The maximum Gasteiger partial charge on any atom is 0.170 e. The second kappa shape index (κ2) is 3.56. The third-order valence-corrected chi connectivity index (χ3v) is 3.03. The molecule has 80 valence electrons. The van der Waals surface area contributed by atoms with Gasteiger partial charge in [-0.05, 0) is 32.1 Å². The van der Waals surface area contributed by atoms with Crippen molar-refractivity contribution in [1.82, 2.24) is 0 Å². The van der Waals surface area contributed by atoms with Crippen LogP contribution in [0.1, 0.15) is 19.4 Å². The van der Waals surface area contributed by atoms with Gasteiger partial charge in [-0.1, -0.05) is 22.0 Å². The summed E-state index contributed by atoms with van der Waals surface area (Å²) >= 11 is 3.50. The average molecular weight is 269 g/mol. The number of halogens is 1. The number of rotatable bonds is 1. The summed E-state index contributed by atoms with van der Waals surface area (Å²) in [6.07, 6.45) is 4.10. The van der Waals surface area contributed by atoms with E-state index in [-0.39, 0.29) is 5.60 Å². The maximum atomic E-state index is 5.88. The van der Waals surface area contributed by atoms with E-state index < -0.39 is 0 Å². The Hall–Kier alpha value is -0.960. The number of fused-ring (bicyclic) bond motifs is 1. The molecule has 0 saturated heterocycles. The molecule has 2 nitrogen and oxygen atoms in total. The minimum absolute atomic E-state index is 0.277. The summed E-state index contributed by atoms with van der Waals surface area (Å²) in [5, 5.41) is 0. The van der Waals surface area contributed by atoms with Gasteiger partial charge in [0.25, 0.3) is 0 Å². The molecule has 1 aromatic rings. The summed E-state index contributed by atoms with van der Waals surface area (Å²) in [5.41, 5.74) is 0.759. The minimum Gasteiger partial charge on any atom is -0.493 e. The lowest BCUT2D eigenvalue weighted by molar-refractivity contribution is 0.152. The summed E-state index contributed by atoms with van der Waals surface area (Å²) in [4.78, 5) is 0. The summed E-state index contributed by atoms with van der Waals surface area (Å²) in [5.74, 6) is 1.57. The van der Waals surface area contributed by atoms with E-state index >= 15 is 0 Å². The van der Waals surface area contributed by atoms with Crippen LogP contribution in [0.5, 0.6) is 11.5 Å². The highest BCUT2D eigenvalue weighted by Crippen LogP contribution is 2.42. The van der Waals surface area contributed by atoms with Gasteiger partial charge in [0.2, 0.25) is 0 Å². The molecule has 0 radical (unpaired) electrons. The molecule has 0 aromatic heterocycles. The van der Waals surface area contributed by atoms with Gasteiger partial charge in [-0.15, -0.1) is 0 Å². The lowest BCUT2D eigenvalue weighted by Gasteiger charge is -2.29. The van der Waals surface area contributed by atoms with E-state index in [1.807, 2.05) is 32.1 Å². The molecule has 0 aliphatic carbocycles. The van der Waals surface area contributed by atoms with Crippen molar-refractivity contribution in [3.63, 3.8) is 0 Å². The van der Waals surface area contributed by atoms with Gasteiger partial charge in [0.05, 0.1) is 7.11 Å². The Balaban J connectivity index is 2.59. The Labute approximate surface area is 98.0 Å². The van der Waals surface area contributed by atoms with Gasteiger partial charge in [0.15, 0.2) is 11.5 Å². The van der Waals surface area contributed by atoms with Crippen LogP contribution in [0.2, 0.25) is 0 Å². The zero-order valence-electron chi connectivity index (χ0n) is 9.00. The first-order valence-electron chi connectivity index (χ1n) is 4.78. The lowest BCUT2D eigenvalue weighted by atomic mass is 10.0. The van der Waals surface area contributed by atoms with Crippen molar-refractivity contribution in [1.29, 1.82) is 0 Å². The first-order chi connectivity index (χ1) is 7.03. The van der Waals surface area contributed by atoms with Crippen LogP contribution in [0.25, 0.3) is 6.08 Å². The Bertz CT molecular complexity index is 422. The van der Waals surface area contributed by atoms with E-state index in [9.17, 15) is 0 Å². The number of ether oxygens (including phenoxy) is 2. The standard InChI is InChI=1S/C12H13BrO2/c1-12(2)7-6-8-9(13)4-5-10(14-3)11(8)15-12/h4-7H,1-3H3. The topological polar surface area (TPSA) is 18.5 Å². The third kappa shape index (κ3) is 1.88. The van der Waals surface area contributed by atoms with Crippen LogP contribution < -0.4 is 9.47 Å². The van der Waals surface area contributed by atoms with Gasteiger partial charge in [0.1, 0.15) is 5.60 Å². The predicted molar refractivity (Wildman–Crippen MR) is 64.4 cm³/mol. The van der Waals surface area contributed by atoms with Gasteiger partial charge >= 0.3 is 0 Å². The van der Waals surface area contributed by atoms with Gasteiger partial charge < -0.3 is 9.47 Å². The van der Waals surface area contributed by atoms with E-state index in [1.54, 1.807) is 7.11 Å². The number of hydrogen-bond acceptors (Lipinski definition) is 2. The van der Waals surface area contributed by atoms with Crippen LogP contribution in [0.15, 0.2) is 22.7 Å². The minimum atomic E-state index is -0.277. The summed E-state index contributed by atoms with van der Waals surface area (Å²) < 4.78 is 12.2. The third-order valence-electron chi connectivity index (χ3n) is 2.34. The number of hydrogen-bond donors (Lipinski definition) is 0. The summed E-state index contributed by atoms with van der Waals surface area (Å²) in [6.45, 7) is 4.04. The largest absolute Gasteiger partial charge is 0.493 e. The fraction of sp³-hybridized carbons (Fsp3) is 0.333. The second-order valence-electron chi connectivity index (χ2n) is 4.03. The van der Waals surface area contributed by atoms with Crippen LogP contribution in [0, 0.1) is 0 Å². The average Bonchev–Trinajstić information content (AvgIpc) is 2.17. The fourth-order valence-corrected chi connectivity index (χ4v) is 2.00. The highest BCUT2D eigenvalue weighted by Gasteiger charge is 2.25. The normalized spacial score (nSPS) is 16.8. The van der Waals surface area contributed by atoms with Crippen molar-refractivity contribution in [3.8, 4) is 11.5 Å². The van der Waals surface area contributed by atoms with E-state index in [0.29, 0.717) is 0 Å². The highest BCUT2D eigenvalue weighted by atomic mass is 79.9. The van der Waals surface area contributed by atoms with Crippen LogP contribution in [-0.2, 0) is 0 Å². The fourth-order valence-electron chi connectivity index (χ4n) is 1.56. The molecule has 15 heavy (non-hydrogen) atoms. The molecular weight excluding hydrogens is 256 g/mol. The Morgan fingerprint density at radius 2 is 2.07 bits per heavy atom. The lowest BCUT2D eigenvalue weighted by Crippen LogP contribution is -2.27. The molecule has 3 heteroatoms. The molecule has 0 amide bonds. The zero-order valence-corrected chi connectivity index (χ0v) is 10.6. The van der Waals surface area contributed by atoms with Crippen LogP contribution in [-0.4, -0.2) is 12.7 Å². The molecule has 0 unspecified atom stereocenters. The van der Waals surface area contributed by atoms with Crippen molar-refractivity contribution in [2.45, 2.75) is 19.4 Å². The molecule has 0 fully saturated rings. The molecule has 1 aliphatic rings. The molecule has 1 aliphatic heterocycles. The Morgan fingerprint density at radius 3 is 2.73 bits per heavy atom. The molecule has 0 saturated carbocycles. The van der Waals surface area contributed by atoms with Gasteiger partial charge in [-0.2, -0.15) is 0 Å². The van der Waals surface area contributed by atoms with Crippen LogP contribution in [0.3, 0.4) is 0 Å². The zero-order chi connectivity index (χ0) is 11.1. The summed E-state index contributed by atoms with van der Waals surface area (Å²) in [7, 11) is 1.65. The van der Waals surface area contributed by atoms with Gasteiger partial charge in [-0.25, -0.2) is 0 Å². The monoisotopic (exact) mass is 268 g/mol. The first kappa shape index (κ1) is 10.6. The Kier molecular flexibility index (Phi) is 2.51. The molecule has 0 spiro atoms. The van der Waals surface area contributed by atoms with E-state index in [1.165, 1.54) is 0 Å². The molecule has 1 aromatic carbocycles. The quantitative estimate of drug-likeness (QED) is 0.774. The van der Waals surface area contributed by atoms with Crippen molar-refractivity contribution >= 4 is 22.0 Å². The van der Waals surface area contributed by atoms with Crippen molar-refractivity contribution in [2.24, 2.45) is 0 Å². The predicted octanol–water partition coefficient (Wildman–Crippen LogP) is 3.64. The first-order valence-corrected chi connectivity index (χ1v) is 5.57. The second-order valence-corrected chi connectivity index (χ2v) is 4.89. The molecule has 0 bridgehead atoms. The number of benzene rings is 1. The molecule has 2 rings (SSSR count). The van der Waals surface area contributed by atoms with Crippen LogP contribution >= 0.6 is 15.9 Å². The van der Waals surface area contributed by atoms with Crippen molar-refractivity contribution in [3.05, 3.63) is 28.2 Å². The molecule has 0 N–H and O–H groups in total. The highest BCUT2D eigenvalue weighted by molar-refractivity contribution is 9.10. The van der Waals surface area contributed by atoms with E-state index in [0.717, 1.165) is 21.5 Å². The van der Waals surface area contributed by atoms with E-state index in [2.05, 4.69) is 22.0 Å². The summed E-state index contributed by atoms with van der Waals surface area (Å²) in [6, 6.07) is 3.86. The van der Waals surface area contributed by atoms with Crippen molar-refractivity contribution < 1.29 is 9.47 Å². The SMILES string of the molecule is COc1ccc(Br)c2c1OC(C)(C)C=C2.